The molecule has 0 bridgehead atoms. The van der Waals surface area contributed by atoms with Gasteiger partial charge in [-0.3, -0.25) is 0 Å². The highest BCUT2D eigenvalue weighted by molar-refractivity contribution is 5.67. The summed E-state index contributed by atoms with van der Waals surface area (Å²) in [5.41, 5.74) is 0. The van der Waals surface area contributed by atoms with Crippen molar-refractivity contribution in [3.05, 3.63) is 0 Å². The first-order valence-corrected chi connectivity index (χ1v) is 4.67. The van der Waals surface area contributed by atoms with E-state index in [0.717, 1.165) is 6.42 Å². The third kappa shape index (κ3) is 4.72. The number of rotatable bonds is 5. The Morgan fingerprint density at radius 1 is 1.54 bits per heavy atom. The fraction of sp³-hybridized carbons (Fsp3) is 0.889. The Balaban J connectivity index is 3.96. The Labute approximate surface area is 79.5 Å². The molecule has 0 fully saturated rings. The Bertz CT molecular complexity index is 148. The quantitative estimate of drug-likeness (QED) is 0.707. The molecule has 0 rings (SSSR count). The van der Waals surface area contributed by atoms with Gasteiger partial charge in [-0.1, -0.05) is 6.92 Å². The molecule has 1 N–H and O–H groups in total. The molecule has 0 spiro atoms. The van der Waals surface area contributed by atoms with Crippen LogP contribution in [0.1, 0.15) is 27.2 Å². The number of aliphatic hydroxyl groups is 1. The van der Waals surface area contributed by atoms with Gasteiger partial charge < -0.3 is 14.7 Å². The average molecular weight is 189 g/mol. The molecule has 0 unspecified atom stereocenters. The fourth-order valence-electron chi connectivity index (χ4n) is 1.02. The summed E-state index contributed by atoms with van der Waals surface area (Å²) in [5.74, 6) is 0. The highest BCUT2D eigenvalue weighted by Gasteiger charge is 2.16. The lowest BCUT2D eigenvalue weighted by atomic mass is 10.3. The van der Waals surface area contributed by atoms with E-state index in [-0.39, 0.29) is 25.3 Å². The highest BCUT2D eigenvalue weighted by atomic mass is 16.6. The van der Waals surface area contributed by atoms with E-state index < -0.39 is 0 Å². The van der Waals surface area contributed by atoms with Gasteiger partial charge in [0.05, 0.1) is 6.61 Å². The molecule has 78 valence electrons. The van der Waals surface area contributed by atoms with Crippen molar-refractivity contribution in [2.45, 2.75) is 33.2 Å². The minimum atomic E-state index is -0.342. The lowest BCUT2D eigenvalue weighted by molar-refractivity contribution is 0.0756. The van der Waals surface area contributed by atoms with E-state index in [0.29, 0.717) is 6.54 Å². The van der Waals surface area contributed by atoms with E-state index in [9.17, 15) is 4.79 Å². The van der Waals surface area contributed by atoms with Crippen molar-refractivity contribution in [1.29, 1.82) is 0 Å². The maximum Gasteiger partial charge on any atom is 0.410 e. The number of nitrogens with zero attached hydrogens (tertiary/aromatic N) is 1. The highest BCUT2D eigenvalue weighted by Crippen LogP contribution is 2.02. The summed E-state index contributed by atoms with van der Waals surface area (Å²) in [5, 5.41) is 8.47. The Morgan fingerprint density at radius 2 is 2.15 bits per heavy atom. The largest absolute Gasteiger partial charge is 0.447 e. The molecule has 13 heavy (non-hydrogen) atoms. The summed E-state index contributed by atoms with van der Waals surface area (Å²) in [6.07, 6.45) is 0.567. The van der Waals surface area contributed by atoms with Gasteiger partial charge in [-0.05, 0) is 20.3 Å². The zero-order chi connectivity index (χ0) is 10.3. The van der Waals surface area contributed by atoms with E-state index in [1.165, 1.54) is 0 Å². The van der Waals surface area contributed by atoms with E-state index in [4.69, 9.17) is 9.84 Å². The molecule has 0 saturated heterocycles. The van der Waals surface area contributed by atoms with E-state index in [1.54, 1.807) is 4.90 Å². The van der Waals surface area contributed by atoms with Crippen LogP contribution in [0.15, 0.2) is 0 Å². The first kappa shape index (κ1) is 12.2. The van der Waals surface area contributed by atoms with Gasteiger partial charge in [0.15, 0.2) is 0 Å². The Kier molecular flexibility index (Phi) is 6.32. The van der Waals surface area contributed by atoms with Crippen LogP contribution in [0.5, 0.6) is 0 Å². The van der Waals surface area contributed by atoms with Crippen LogP contribution < -0.4 is 0 Å². The molecule has 0 aromatic rings. The van der Waals surface area contributed by atoms with Crippen LogP contribution in [-0.2, 0) is 4.74 Å². The van der Waals surface area contributed by atoms with Crippen LogP contribution in [0.25, 0.3) is 0 Å². The summed E-state index contributed by atoms with van der Waals surface area (Å²) in [7, 11) is 0. The van der Waals surface area contributed by atoms with Crippen molar-refractivity contribution in [2.24, 2.45) is 0 Å². The van der Waals surface area contributed by atoms with Crippen molar-refractivity contribution < 1.29 is 14.6 Å². The average Bonchev–Trinajstić information content (AvgIpc) is 2.09. The summed E-state index contributed by atoms with van der Waals surface area (Å²) in [6.45, 7) is 6.54. The van der Waals surface area contributed by atoms with Gasteiger partial charge in [-0.25, -0.2) is 4.79 Å². The van der Waals surface area contributed by atoms with Crippen molar-refractivity contribution in [2.75, 3.05) is 19.8 Å². The summed E-state index contributed by atoms with van der Waals surface area (Å²) in [6, 6.07) is 0.145. The molecule has 0 aliphatic carbocycles. The molecule has 0 radical (unpaired) electrons. The second kappa shape index (κ2) is 6.71. The van der Waals surface area contributed by atoms with E-state index in [2.05, 4.69) is 0 Å². The zero-order valence-corrected chi connectivity index (χ0v) is 8.62. The molecule has 0 aliphatic rings. The van der Waals surface area contributed by atoms with Crippen molar-refractivity contribution in [1.82, 2.24) is 4.90 Å². The number of carbonyl (C=O) groups is 1. The fourth-order valence-corrected chi connectivity index (χ4v) is 1.02. The number of amides is 1. The monoisotopic (exact) mass is 189 g/mol. The molecule has 0 aromatic carbocycles. The standard InChI is InChI=1S/C9H19NO3/c1-4-5-10(8(2)3)9(12)13-7-6-11/h8,11H,4-7H2,1-3H3. The topological polar surface area (TPSA) is 49.8 Å². The first-order chi connectivity index (χ1) is 6.13. The van der Waals surface area contributed by atoms with Crippen molar-refractivity contribution >= 4 is 6.09 Å². The van der Waals surface area contributed by atoms with Crippen LogP contribution in [0.2, 0.25) is 0 Å². The molecule has 0 aromatic heterocycles. The number of carbonyl (C=O) groups excluding carboxylic acids is 1. The maximum atomic E-state index is 11.3. The van der Waals surface area contributed by atoms with Gasteiger partial charge in [0.2, 0.25) is 0 Å². The second-order valence-corrected chi connectivity index (χ2v) is 3.13. The van der Waals surface area contributed by atoms with Gasteiger partial charge in [-0.2, -0.15) is 0 Å². The lowest BCUT2D eigenvalue weighted by Gasteiger charge is -2.25. The second-order valence-electron chi connectivity index (χ2n) is 3.13. The summed E-state index contributed by atoms with van der Waals surface area (Å²) in [4.78, 5) is 13.0. The van der Waals surface area contributed by atoms with Crippen LogP contribution in [0.3, 0.4) is 0 Å². The third-order valence-corrected chi connectivity index (χ3v) is 1.64. The zero-order valence-electron chi connectivity index (χ0n) is 8.62. The van der Waals surface area contributed by atoms with Crippen molar-refractivity contribution in [3.8, 4) is 0 Å². The van der Waals surface area contributed by atoms with Gasteiger partial charge in [0, 0.05) is 12.6 Å². The lowest BCUT2D eigenvalue weighted by Crippen LogP contribution is -2.38. The molecular weight excluding hydrogens is 170 g/mol. The number of aliphatic hydroxyl groups excluding tert-OH is 1. The van der Waals surface area contributed by atoms with Crippen LogP contribution in [0, 0.1) is 0 Å². The SMILES string of the molecule is CCCN(C(=O)OCCO)C(C)C. The number of ether oxygens (including phenoxy) is 1. The molecule has 0 aliphatic heterocycles. The summed E-state index contributed by atoms with van der Waals surface area (Å²) < 4.78 is 4.80. The minimum absolute atomic E-state index is 0.0752. The normalized spacial score (nSPS) is 10.2. The van der Waals surface area contributed by atoms with Gasteiger partial charge in [0.1, 0.15) is 6.61 Å². The summed E-state index contributed by atoms with van der Waals surface area (Å²) >= 11 is 0. The number of hydrogen-bond acceptors (Lipinski definition) is 3. The number of hydrogen-bond donors (Lipinski definition) is 1. The van der Waals surface area contributed by atoms with E-state index in [1.807, 2.05) is 20.8 Å². The predicted molar refractivity (Wildman–Crippen MR) is 50.6 cm³/mol. The molecular formula is C9H19NO3. The van der Waals surface area contributed by atoms with E-state index >= 15 is 0 Å². The third-order valence-electron chi connectivity index (χ3n) is 1.64. The van der Waals surface area contributed by atoms with Gasteiger partial charge in [-0.15, -0.1) is 0 Å². The molecule has 0 heterocycles. The molecule has 0 saturated carbocycles. The van der Waals surface area contributed by atoms with Crippen LogP contribution in [-0.4, -0.2) is 41.9 Å². The van der Waals surface area contributed by atoms with Crippen LogP contribution in [0.4, 0.5) is 4.79 Å². The molecule has 4 heteroatoms. The smallest absolute Gasteiger partial charge is 0.410 e. The molecule has 1 amide bonds. The van der Waals surface area contributed by atoms with Gasteiger partial charge in [0.25, 0.3) is 0 Å². The van der Waals surface area contributed by atoms with Crippen LogP contribution >= 0.6 is 0 Å². The Hall–Kier alpha value is -0.770. The Morgan fingerprint density at radius 3 is 2.54 bits per heavy atom. The first-order valence-electron chi connectivity index (χ1n) is 4.67. The maximum absolute atomic E-state index is 11.3. The predicted octanol–water partition coefficient (Wildman–Crippen LogP) is 1.24. The molecule has 0 atom stereocenters. The minimum Gasteiger partial charge on any atom is -0.447 e. The van der Waals surface area contributed by atoms with Gasteiger partial charge >= 0.3 is 6.09 Å². The molecule has 4 nitrogen and oxygen atoms in total. The van der Waals surface area contributed by atoms with Crippen molar-refractivity contribution in [3.63, 3.8) is 0 Å².